The maximum absolute atomic E-state index is 11.9. The maximum Gasteiger partial charge on any atom is 0.255 e. The first-order chi connectivity index (χ1) is 11.6. The lowest BCUT2D eigenvalue weighted by Gasteiger charge is -2.09. The largest absolute Gasteiger partial charge is 0.383 e. The number of nitrogens with zero attached hydrogens (tertiary/aromatic N) is 3. The van der Waals surface area contributed by atoms with E-state index < -0.39 is 0 Å². The van der Waals surface area contributed by atoms with Crippen LogP contribution >= 0.6 is 0 Å². The molecule has 3 aromatic heterocycles. The van der Waals surface area contributed by atoms with E-state index in [2.05, 4.69) is 29.1 Å². The number of hydrogen-bond acceptors (Lipinski definition) is 4. The van der Waals surface area contributed by atoms with Crippen molar-refractivity contribution >= 4 is 22.8 Å². The average Bonchev–Trinajstić information content (AvgIpc) is 3.14. The van der Waals surface area contributed by atoms with Gasteiger partial charge < -0.3 is 15.6 Å². The number of amides is 1. The van der Waals surface area contributed by atoms with E-state index in [-0.39, 0.29) is 11.7 Å². The van der Waals surface area contributed by atoms with Gasteiger partial charge >= 0.3 is 0 Å². The molecule has 3 N–H and O–H groups in total. The number of carbonyl (C=O) groups is 1. The number of aromatic nitrogens is 3. The molecule has 0 saturated carbocycles. The van der Waals surface area contributed by atoms with Crippen molar-refractivity contribution in [2.75, 3.05) is 5.73 Å². The van der Waals surface area contributed by atoms with E-state index in [9.17, 15) is 4.79 Å². The molecule has 3 aromatic rings. The highest BCUT2D eigenvalue weighted by Crippen LogP contribution is 2.34. The van der Waals surface area contributed by atoms with Gasteiger partial charge in [-0.05, 0) is 23.3 Å². The topological polar surface area (TPSA) is 85.8 Å². The number of hydrogen-bond donors (Lipinski definition) is 2. The fourth-order valence-electron chi connectivity index (χ4n) is 2.89. The van der Waals surface area contributed by atoms with Gasteiger partial charge in [0.05, 0.1) is 5.56 Å². The number of nitrogens with two attached hydrogens (primary N) is 1. The molecule has 1 aliphatic rings. The van der Waals surface area contributed by atoms with Crippen LogP contribution in [0.3, 0.4) is 0 Å². The van der Waals surface area contributed by atoms with Gasteiger partial charge in [0, 0.05) is 43.1 Å². The molecule has 0 aromatic carbocycles. The molecule has 1 amide bonds. The zero-order valence-electron chi connectivity index (χ0n) is 14.1. The van der Waals surface area contributed by atoms with Crippen molar-refractivity contribution in [3.63, 3.8) is 0 Å². The molecule has 1 aliphatic heterocycles. The molecule has 4 rings (SSSR count). The second-order valence-electron chi connectivity index (χ2n) is 5.82. The minimum atomic E-state index is -0.157. The van der Waals surface area contributed by atoms with E-state index >= 15 is 0 Å². The van der Waals surface area contributed by atoms with Crippen molar-refractivity contribution in [2.45, 2.75) is 26.8 Å². The van der Waals surface area contributed by atoms with Crippen LogP contribution in [0.2, 0.25) is 0 Å². The first kappa shape index (κ1) is 16.0. The fraction of sp³-hybridized carbons (Fsp3) is 0.278. The third-order valence-corrected chi connectivity index (χ3v) is 3.93. The number of rotatable bonds is 1. The summed E-state index contributed by atoms with van der Waals surface area (Å²) in [6.45, 7) is 4.73. The Morgan fingerprint density at radius 1 is 1.25 bits per heavy atom. The lowest BCUT2D eigenvalue weighted by atomic mass is 9.98. The Kier molecular flexibility index (Phi) is 4.20. The summed E-state index contributed by atoms with van der Waals surface area (Å²) in [5.41, 5.74) is 10.1. The van der Waals surface area contributed by atoms with Crippen molar-refractivity contribution in [1.29, 1.82) is 0 Å². The smallest absolute Gasteiger partial charge is 0.255 e. The first-order valence-electron chi connectivity index (χ1n) is 8.04. The van der Waals surface area contributed by atoms with Crippen LogP contribution in [-0.2, 0) is 13.6 Å². The maximum atomic E-state index is 11.9. The zero-order valence-corrected chi connectivity index (χ0v) is 14.1. The van der Waals surface area contributed by atoms with Crippen molar-refractivity contribution < 1.29 is 4.79 Å². The highest BCUT2D eigenvalue weighted by atomic mass is 16.1. The van der Waals surface area contributed by atoms with Crippen LogP contribution in [0.25, 0.3) is 22.2 Å². The number of nitrogen functional groups attached to an aromatic ring is 1. The summed E-state index contributed by atoms with van der Waals surface area (Å²) in [6, 6.07) is 3.96. The molecular formula is C18H21N5O. The van der Waals surface area contributed by atoms with Crippen LogP contribution < -0.4 is 11.1 Å². The Labute approximate surface area is 140 Å². The van der Waals surface area contributed by atoms with Gasteiger partial charge in [-0.25, -0.2) is 9.97 Å². The normalized spacial score (nSPS) is 12.5. The average molecular weight is 323 g/mol. The second-order valence-corrected chi connectivity index (χ2v) is 5.82. The van der Waals surface area contributed by atoms with Crippen LogP contribution in [0.4, 0.5) is 5.82 Å². The van der Waals surface area contributed by atoms with Gasteiger partial charge in [-0.1, -0.05) is 20.3 Å². The minimum Gasteiger partial charge on any atom is -0.383 e. The number of carbonyl (C=O) groups excluding carboxylic acids is 1. The molecule has 0 aliphatic carbocycles. The highest BCUT2D eigenvalue weighted by molar-refractivity contribution is 6.05. The summed E-state index contributed by atoms with van der Waals surface area (Å²) in [7, 11) is 1.95. The van der Waals surface area contributed by atoms with E-state index in [0.29, 0.717) is 12.1 Å². The van der Waals surface area contributed by atoms with Crippen LogP contribution in [0.1, 0.15) is 36.2 Å². The van der Waals surface area contributed by atoms with E-state index in [4.69, 9.17) is 5.73 Å². The van der Waals surface area contributed by atoms with E-state index in [0.717, 1.165) is 27.7 Å². The van der Waals surface area contributed by atoms with Gasteiger partial charge in [0.2, 0.25) is 0 Å². The molecule has 0 spiro atoms. The Morgan fingerprint density at radius 2 is 2.00 bits per heavy atom. The third kappa shape index (κ3) is 2.50. The molecule has 4 heterocycles. The van der Waals surface area contributed by atoms with Gasteiger partial charge in [0.15, 0.2) is 0 Å². The Balaban J connectivity index is 0.000000526. The molecule has 124 valence electrons. The van der Waals surface area contributed by atoms with Crippen LogP contribution in [0.15, 0.2) is 30.7 Å². The summed E-state index contributed by atoms with van der Waals surface area (Å²) < 4.78 is 1.97. The van der Waals surface area contributed by atoms with E-state index in [1.165, 1.54) is 6.42 Å². The van der Waals surface area contributed by atoms with Gasteiger partial charge in [0.1, 0.15) is 11.5 Å². The number of nitrogens with one attached hydrogen (secondary N) is 1. The first-order valence-corrected chi connectivity index (χ1v) is 8.04. The third-order valence-electron chi connectivity index (χ3n) is 3.93. The van der Waals surface area contributed by atoms with Crippen molar-refractivity contribution in [3.8, 4) is 11.1 Å². The molecule has 24 heavy (non-hydrogen) atoms. The summed E-state index contributed by atoms with van der Waals surface area (Å²) in [6.07, 6.45) is 6.72. The molecule has 6 nitrogen and oxygen atoms in total. The molecule has 0 bridgehead atoms. The Morgan fingerprint density at radius 3 is 2.75 bits per heavy atom. The number of anilines is 1. The standard InChI is InChI=1S/C15H13N5O.C3H8/c1-20-5-3-9-8(2-4-17-14(9)20)10-6-18-13(16)12-11(10)7-19-15(12)21;1-3-2/h2-6H,7H2,1H3,(H2,16,18)(H,19,21);3H2,1-2H3. The van der Waals surface area contributed by atoms with Gasteiger partial charge in [-0.3, -0.25) is 4.79 Å². The van der Waals surface area contributed by atoms with Crippen LogP contribution in [-0.4, -0.2) is 20.4 Å². The number of aryl methyl sites for hydroxylation is 1. The lowest BCUT2D eigenvalue weighted by Crippen LogP contribution is -2.13. The molecule has 0 radical (unpaired) electrons. The van der Waals surface area contributed by atoms with Crippen LogP contribution in [0, 0.1) is 0 Å². The SMILES string of the molecule is CCC.Cn1ccc2c(-c3cnc(N)c4c3CNC4=O)ccnc21. The monoisotopic (exact) mass is 323 g/mol. The zero-order chi connectivity index (χ0) is 17.3. The highest BCUT2D eigenvalue weighted by Gasteiger charge is 2.26. The summed E-state index contributed by atoms with van der Waals surface area (Å²) >= 11 is 0. The van der Waals surface area contributed by atoms with E-state index in [1.807, 2.05) is 29.9 Å². The van der Waals surface area contributed by atoms with Gasteiger partial charge in [-0.2, -0.15) is 0 Å². The quantitative estimate of drug-likeness (QED) is 0.721. The van der Waals surface area contributed by atoms with Crippen LogP contribution in [0.5, 0.6) is 0 Å². The fourth-order valence-corrected chi connectivity index (χ4v) is 2.89. The minimum absolute atomic E-state index is 0.157. The molecule has 0 saturated heterocycles. The van der Waals surface area contributed by atoms with Gasteiger partial charge in [-0.15, -0.1) is 0 Å². The number of pyridine rings is 2. The van der Waals surface area contributed by atoms with Crippen molar-refractivity contribution in [1.82, 2.24) is 19.9 Å². The summed E-state index contributed by atoms with van der Waals surface area (Å²) in [5.74, 6) is 0.123. The number of fused-ring (bicyclic) bond motifs is 2. The van der Waals surface area contributed by atoms with Crippen molar-refractivity contribution in [3.05, 3.63) is 41.9 Å². The molecule has 0 unspecified atom stereocenters. The molecule has 0 fully saturated rings. The molecule has 6 heteroatoms. The lowest BCUT2D eigenvalue weighted by molar-refractivity contribution is 0.0966. The van der Waals surface area contributed by atoms with E-state index in [1.54, 1.807) is 12.4 Å². The Bertz CT molecular complexity index is 913. The van der Waals surface area contributed by atoms with Gasteiger partial charge in [0.25, 0.3) is 5.91 Å². The Hall–Kier alpha value is -2.89. The second kappa shape index (κ2) is 6.31. The predicted molar refractivity (Wildman–Crippen MR) is 95.5 cm³/mol. The molecular weight excluding hydrogens is 302 g/mol. The predicted octanol–water partition coefficient (Wildman–Crippen LogP) is 2.88. The van der Waals surface area contributed by atoms with Crippen molar-refractivity contribution in [2.24, 2.45) is 7.05 Å². The molecule has 0 atom stereocenters. The summed E-state index contributed by atoms with van der Waals surface area (Å²) in [4.78, 5) is 20.5. The summed E-state index contributed by atoms with van der Waals surface area (Å²) in [5, 5.41) is 3.84.